The maximum absolute atomic E-state index is 10.6. The van der Waals surface area contributed by atoms with Crippen LogP contribution in [0.15, 0.2) is 42.5 Å². The average molecular weight is 291 g/mol. The first-order valence-electron chi connectivity index (χ1n) is 6.26. The predicted molar refractivity (Wildman–Crippen MR) is 79.0 cm³/mol. The van der Waals surface area contributed by atoms with Crippen LogP contribution in [0.25, 0.3) is 0 Å². The van der Waals surface area contributed by atoms with Crippen LogP contribution in [0.5, 0.6) is 11.5 Å². The van der Waals surface area contributed by atoms with E-state index in [-0.39, 0.29) is 0 Å². The highest BCUT2D eigenvalue weighted by Gasteiger charge is 2.03. The van der Waals surface area contributed by atoms with Gasteiger partial charge in [0, 0.05) is 5.56 Å². The quantitative estimate of drug-likeness (QED) is 0.597. The van der Waals surface area contributed by atoms with Crippen LogP contribution in [0.4, 0.5) is 0 Å². The minimum atomic E-state index is 0.383. The van der Waals surface area contributed by atoms with Crippen LogP contribution in [0.2, 0.25) is 5.02 Å². The van der Waals surface area contributed by atoms with Crippen molar-refractivity contribution in [3.05, 3.63) is 58.6 Å². The Bertz CT molecular complexity index is 596. The molecule has 0 saturated heterocycles. The van der Waals surface area contributed by atoms with Crippen LogP contribution in [0, 0.1) is 6.92 Å². The minimum Gasteiger partial charge on any atom is -0.490 e. The summed E-state index contributed by atoms with van der Waals surface area (Å²) < 4.78 is 11.1. The van der Waals surface area contributed by atoms with Crippen LogP contribution < -0.4 is 9.47 Å². The lowest BCUT2D eigenvalue weighted by Crippen LogP contribution is -2.09. The molecule has 0 aliphatic carbocycles. The minimum absolute atomic E-state index is 0.383. The first-order chi connectivity index (χ1) is 9.69. The Morgan fingerprint density at radius 1 is 1.10 bits per heavy atom. The normalized spacial score (nSPS) is 10.1. The van der Waals surface area contributed by atoms with Crippen molar-refractivity contribution in [3.8, 4) is 11.5 Å². The highest BCUT2D eigenvalue weighted by atomic mass is 35.5. The van der Waals surface area contributed by atoms with Crippen molar-refractivity contribution in [2.24, 2.45) is 0 Å². The van der Waals surface area contributed by atoms with Crippen molar-refractivity contribution in [1.82, 2.24) is 0 Å². The number of rotatable bonds is 6. The van der Waals surface area contributed by atoms with Gasteiger partial charge in [0.25, 0.3) is 0 Å². The van der Waals surface area contributed by atoms with E-state index in [2.05, 4.69) is 0 Å². The molecule has 0 aliphatic heterocycles. The molecule has 104 valence electrons. The molecule has 0 fully saturated rings. The van der Waals surface area contributed by atoms with Gasteiger partial charge in [0.15, 0.2) is 0 Å². The third-order valence-corrected chi connectivity index (χ3v) is 2.99. The number of aryl methyl sites for hydroxylation is 1. The fourth-order valence-electron chi connectivity index (χ4n) is 1.72. The average Bonchev–Trinajstić information content (AvgIpc) is 2.45. The molecule has 0 unspecified atom stereocenters. The second-order valence-corrected chi connectivity index (χ2v) is 4.73. The van der Waals surface area contributed by atoms with Crippen molar-refractivity contribution < 1.29 is 14.3 Å². The van der Waals surface area contributed by atoms with Crippen LogP contribution in [-0.2, 0) is 0 Å². The number of benzene rings is 2. The maximum Gasteiger partial charge on any atom is 0.150 e. The van der Waals surface area contributed by atoms with Crippen molar-refractivity contribution in [2.75, 3.05) is 13.2 Å². The van der Waals surface area contributed by atoms with Crippen LogP contribution in [-0.4, -0.2) is 19.5 Å². The maximum atomic E-state index is 10.6. The molecule has 0 atom stereocenters. The van der Waals surface area contributed by atoms with Crippen molar-refractivity contribution >= 4 is 17.9 Å². The van der Waals surface area contributed by atoms with Gasteiger partial charge in [0.2, 0.25) is 0 Å². The zero-order chi connectivity index (χ0) is 14.4. The van der Waals surface area contributed by atoms with Gasteiger partial charge in [0.1, 0.15) is 31.0 Å². The zero-order valence-corrected chi connectivity index (χ0v) is 11.9. The molecule has 2 aromatic carbocycles. The van der Waals surface area contributed by atoms with Gasteiger partial charge in [-0.25, -0.2) is 0 Å². The van der Waals surface area contributed by atoms with E-state index in [0.717, 1.165) is 17.6 Å². The topological polar surface area (TPSA) is 35.5 Å². The van der Waals surface area contributed by atoms with Crippen LogP contribution >= 0.6 is 11.6 Å². The Kier molecular flexibility index (Phi) is 5.02. The zero-order valence-electron chi connectivity index (χ0n) is 11.1. The summed E-state index contributed by atoms with van der Waals surface area (Å²) in [6, 6.07) is 12.7. The molecule has 4 heteroatoms. The molecule has 0 aliphatic rings. The SMILES string of the molecule is Cc1cccc(OCCOc2ccc(C=O)cc2Cl)c1. The van der Waals surface area contributed by atoms with Crippen LogP contribution in [0.3, 0.4) is 0 Å². The summed E-state index contributed by atoms with van der Waals surface area (Å²) in [6.07, 6.45) is 0.747. The summed E-state index contributed by atoms with van der Waals surface area (Å²) >= 11 is 6.00. The Labute approximate surface area is 123 Å². The lowest BCUT2D eigenvalue weighted by molar-refractivity contribution is 0.112. The second kappa shape index (κ2) is 6.96. The standard InChI is InChI=1S/C16H15ClO3/c1-12-3-2-4-14(9-12)19-7-8-20-16-6-5-13(11-18)10-15(16)17/h2-6,9-11H,7-8H2,1H3. The Balaban J connectivity index is 1.83. The monoisotopic (exact) mass is 290 g/mol. The van der Waals surface area contributed by atoms with Crippen molar-refractivity contribution in [1.29, 1.82) is 0 Å². The largest absolute Gasteiger partial charge is 0.490 e. The lowest BCUT2D eigenvalue weighted by atomic mass is 10.2. The fourth-order valence-corrected chi connectivity index (χ4v) is 1.97. The van der Waals surface area contributed by atoms with Gasteiger partial charge in [-0.05, 0) is 42.8 Å². The third kappa shape index (κ3) is 4.00. The molecule has 0 heterocycles. The molecule has 0 radical (unpaired) electrons. The van der Waals surface area contributed by atoms with E-state index in [1.807, 2.05) is 31.2 Å². The molecule has 0 spiro atoms. The van der Waals surface area contributed by atoms with Crippen LogP contribution in [0.1, 0.15) is 15.9 Å². The first kappa shape index (κ1) is 14.4. The lowest BCUT2D eigenvalue weighted by Gasteiger charge is -2.10. The first-order valence-corrected chi connectivity index (χ1v) is 6.64. The molecule has 3 nitrogen and oxygen atoms in total. The highest BCUT2D eigenvalue weighted by Crippen LogP contribution is 2.24. The smallest absolute Gasteiger partial charge is 0.150 e. The highest BCUT2D eigenvalue weighted by molar-refractivity contribution is 6.32. The number of carbonyl (C=O) groups excluding carboxylic acids is 1. The van der Waals surface area contributed by atoms with E-state index < -0.39 is 0 Å². The molecule has 0 saturated carbocycles. The number of hydrogen-bond donors (Lipinski definition) is 0. The Hall–Kier alpha value is -2.00. The van der Waals surface area contributed by atoms with E-state index in [0.29, 0.717) is 29.5 Å². The number of hydrogen-bond acceptors (Lipinski definition) is 3. The van der Waals surface area contributed by atoms with Crippen molar-refractivity contribution in [3.63, 3.8) is 0 Å². The van der Waals surface area contributed by atoms with E-state index in [1.165, 1.54) is 0 Å². The van der Waals surface area contributed by atoms with Gasteiger partial charge >= 0.3 is 0 Å². The number of halogens is 1. The molecule has 0 N–H and O–H groups in total. The Morgan fingerprint density at radius 2 is 1.90 bits per heavy atom. The molecule has 0 aromatic heterocycles. The van der Waals surface area contributed by atoms with E-state index >= 15 is 0 Å². The Morgan fingerprint density at radius 3 is 2.60 bits per heavy atom. The van der Waals surface area contributed by atoms with E-state index in [4.69, 9.17) is 21.1 Å². The molecular weight excluding hydrogens is 276 g/mol. The summed E-state index contributed by atoms with van der Waals surface area (Å²) in [5.41, 5.74) is 1.68. The summed E-state index contributed by atoms with van der Waals surface area (Å²) in [7, 11) is 0. The molecule has 0 amide bonds. The van der Waals surface area contributed by atoms with E-state index in [1.54, 1.807) is 18.2 Å². The summed E-state index contributed by atoms with van der Waals surface area (Å²) in [4.78, 5) is 10.6. The van der Waals surface area contributed by atoms with Gasteiger partial charge < -0.3 is 9.47 Å². The van der Waals surface area contributed by atoms with Gasteiger partial charge in [0.05, 0.1) is 5.02 Å². The number of carbonyl (C=O) groups is 1. The molecular formula is C16H15ClO3. The fraction of sp³-hybridized carbons (Fsp3) is 0.188. The van der Waals surface area contributed by atoms with Gasteiger partial charge in [-0.2, -0.15) is 0 Å². The molecule has 0 bridgehead atoms. The molecule has 2 aromatic rings. The molecule has 2 rings (SSSR count). The predicted octanol–water partition coefficient (Wildman–Crippen LogP) is 3.92. The van der Waals surface area contributed by atoms with Gasteiger partial charge in [-0.3, -0.25) is 4.79 Å². The summed E-state index contributed by atoms with van der Waals surface area (Å²) in [5.74, 6) is 1.36. The summed E-state index contributed by atoms with van der Waals surface area (Å²) in [6.45, 7) is 2.82. The van der Waals surface area contributed by atoms with Gasteiger partial charge in [-0.15, -0.1) is 0 Å². The van der Waals surface area contributed by atoms with Gasteiger partial charge in [-0.1, -0.05) is 23.7 Å². The van der Waals surface area contributed by atoms with E-state index in [9.17, 15) is 4.79 Å². The summed E-state index contributed by atoms with van der Waals surface area (Å²) in [5, 5.41) is 0.421. The molecule has 20 heavy (non-hydrogen) atoms. The van der Waals surface area contributed by atoms with Crippen molar-refractivity contribution in [2.45, 2.75) is 6.92 Å². The second-order valence-electron chi connectivity index (χ2n) is 4.32. The number of aldehydes is 1. The number of ether oxygens (including phenoxy) is 2. The third-order valence-electron chi connectivity index (χ3n) is 2.69.